The van der Waals surface area contributed by atoms with E-state index in [-0.39, 0.29) is 12.2 Å². The summed E-state index contributed by atoms with van der Waals surface area (Å²) < 4.78 is 5.10. The Morgan fingerprint density at radius 1 is 1.21 bits per heavy atom. The van der Waals surface area contributed by atoms with Crippen LogP contribution in [0, 0.1) is 10.1 Å². The number of nitro groups is 1. The molecule has 0 saturated heterocycles. The van der Waals surface area contributed by atoms with Gasteiger partial charge in [-0.2, -0.15) is 0 Å². The van der Waals surface area contributed by atoms with Gasteiger partial charge in [-0.25, -0.2) is 0 Å². The molecule has 0 unspecified atom stereocenters. The second-order valence-corrected chi connectivity index (χ2v) is 4.03. The van der Waals surface area contributed by atoms with Crippen LogP contribution in [-0.4, -0.2) is 12.0 Å². The monoisotopic (exact) mass is 258 g/mol. The molecule has 0 saturated carbocycles. The first kappa shape index (κ1) is 13.0. The number of hydrogen-bond acceptors (Lipinski definition) is 4. The third-order valence-electron chi connectivity index (χ3n) is 2.92. The molecular formula is C14H14N2O3. The molecule has 0 heterocycles. The highest BCUT2D eigenvalue weighted by molar-refractivity contribution is 5.69. The summed E-state index contributed by atoms with van der Waals surface area (Å²) in [6.45, 7) is 0.253. The van der Waals surface area contributed by atoms with Gasteiger partial charge in [-0.3, -0.25) is 10.1 Å². The van der Waals surface area contributed by atoms with Crippen molar-refractivity contribution in [2.45, 2.75) is 6.54 Å². The van der Waals surface area contributed by atoms with Crippen molar-refractivity contribution in [3.63, 3.8) is 0 Å². The third kappa shape index (κ3) is 2.71. The van der Waals surface area contributed by atoms with E-state index in [2.05, 4.69) is 0 Å². The number of rotatable bonds is 4. The molecule has 0 fully saturated rings. The Bertz CT molecular complexity index is 594. The first-order valence-corrected chi connectivity index (χ1v) is 5.77. The molecule has 2 rings (SSSR count). The molecule has 0 bridgehead atoms. The lowest BCUT2D eigenvalue weighted by atomic mass is 9.99. The molecule has 2 N–H and O–H groups in total. The van der Waals surface area contributed by atoms with Crippen LogP contribution in [0.4, 0.5) is 5.69 Å². The normalized spacial score (nSPS) is 10.2. The van der Waals surface area contributed by atoms with Crippen molar-refractivity contribution in [2.24, 2.45) is 5.73 Å². The molecule has 0 spiro atoms. The number of ether oxygens (including phenoxy) is 1. The van der Waals surface area contributed by atoms with Gasteiger partial charge in [0, 0.05) is 18.7 Å². The minimum Gasteiger partial charge on any atom is -0.497 e. The number of benzene rings is 2. The van der Waals surface area contributed by atoms with Crippen molar-refractivity contribution in [1.29, 1.82) is 0 Å². The van der Waals surface area contributed by atoms with Gasteiger partial charge >= 0.3 is 0 Å². The lowest BCUT2D eigenvalue weighted by Crippen LogP contribution is -2.00. The second-order valence-electron chi connectivity index (χ2n) is 4.03. The predicted octanol–water partition coefficient (Wildman–Crippen LogP) is 2.73. The Morgan fingerprint density at radius 3 is 2.42 bits per heavy atom. The van der Waals surface area contributed by atoms with Crippen LogP contribution in [0.2, 0.25) is 0 Å². The standard InChI is InChI=1S/C14H14N2O3/c1-19-13-5-2-10(3-6-13)14-7-4-12(16(17)18)8-11(14)9-15/h2-8H,9,15H2,1H3. The molecule has 19 heavy (non-hydrogen) atoms. The second kappa shape index (κ2) is 5.49. The Hall–Kier alpha value is -2.40. The molecule has 0 aliphatic rings. The number of nitrogens with two attached hydrogens (primary N) is 1. The first-order chi connectivity index (χ1) is 9.15. The van der Waals surface area contributed by atoms with Crippen LogP contribution < -0.4 is 10.5 Å². The highest BCUT2D eigenvalue weighted by Gasteiger charge is 2.11. The fraction of sp³-hybridized carbons (Fsp3) is 0.143. The Balaban J connectivity index is 2.45. The summed E-state index contributed by atoms with van der Waals surface area (Å²) >= 11 is 0. The van der Waals surface area contributed by atoms with Crippen LogP contribution in [0.15, 0.2) is 42.5 Å². The van der Waals surface area contributed by atoms with Gasteiger partial charge in [-0.15, -0.1) is 0 Å². The number of non-ortho nitro benzene ring substituents is 1. The summed E-state index contributed by atoms with van der Waals surface area (Å²) in [5.41, 5.74) is 8.32. The molecular weight excluding hydrogens is 244 g/mol. The number of methoxy groups -OCH3 is 1. The van der Waals surface area contributed by atoms with E-state index in [1.807, 2.05) is 24.3 Å². The van der Waals surface area contributed by atoms with E-state index in [0.717, 1.165) is 22.4 Å². The van der Waals surface area contributed by atoms with Gasteiger partial charge < -0.3 is 10.5 Å². The van der Waals surface area contributed by atoms with Crippen LogP contribution in [0.5, 0.6) is 5.75 Å². The van der Waals surface area contributed by atoms with E-state index in [9.17, 15) is 10.1 Å². The molecule has 0 atom stereocenters. The average Bonchev–Trinajstić information content (AvgIpc) is 2.46. The van der Waals surface area contributed by atoms with E-state index >= 15 is 0 Å². The van der Waals surface area contributed by atoms with Crippen molar-refractivity contribution in [3.05, 3.63) is 58.1 Å². The van der Waals surface area contributed by atoms with Gasteiger partial charge in [0.05, 0.1) is 12.0 Å². The summed E-state index contributed by atoms with van der Waals surface area (Å²) in [7, 11) is 1.60. The summed E-state index contributed by atoms with van der Waals surface area (Å²) in [6, 6.07) is 12.2. The smallest absolute Gasteiger partial charge is 0.269 e. The molecule has 0 amide bonds. The Labute approximate surface area is 110 Å². The van der Waals surface area contributed by atoms with Crippen LogP contribution in [0.3, 0.4) is 0 Å². The maximum absolute atomic E-state index is 10.7. The highest BCUT2D eigenvalue weighted by atomic mass is 16.6. The summed E-state index contributed by atoms with van der Waals surface area (Å²) in [5.74, 6) is 0.764. The molecule has 2 aromatic rings. The fourth-order valence-electron chi connectivity index (χ4n) is 1.91. The Morgan fingerprint density at radius 2 is 1.89 bits per heavy atom. The van der Waals surface area contributed by atoms with E-state index in [1.54, 1.807) is 13.2 Å². The van der Waals surface area contributed by atoms with Crippen molar-refractivity contribution >= 4 is 5.69 Å². The number of hydrogen-bond donors (Lipinski definition) is 1. The predicted molar refractivity (Wildman–Crippen MR) is 73.0 cm³/mol. The van der Waals surface area contributed by atoms with Crippen LogP contribution >= 0.6 is 0 Å². The van der Waals surface area contributed by atoms with Crippen molar-refractivity contribution in [2.75, 3.05) is 7.11 Å². The Kier molecular flexibility index (Phi) is 3.77. The molecule has 0 aliphatic carbocycles. The molecule has 5 heteroatoms. The number of nitro benzene ring substituents is 1. The van der Waals surface area contributed by atoms with E-state index in [0.29, 0.717) is 0 Å². The maximum atomic E-state index is 10.7. The van der Waals surface area contributed by atoms with Crippen molar-refractivity contribution < 1.29 is 9.66 Å². The topological polar surface area (TPSA) is 78.4 Å². The van der Waals surface area contributed by atoms with E-state index in [1.165, 1.54) is 12.1 Å². The van der Waals surface area contributed by atoms with Crippen LogP contribution in [-0.2, 0) is 6.54 Å². The SMILES string of the molecule is COc1ccc(-c2ccc([N+](=O)[O-])cc2CN)cc1. The average molecular weight is 258 g/mol. The third-order valence-corrected chi connectivity index (χ3v) is 2.92. The molecule has 2 aromatic carbocycles. The molecule has 0 radical (unpaired) electrons. The fourth-order valence-corrected chi connectivity index (χ4v) is 1.91. The minimum absolute atomic E-state index is 0.0534. The summed E-state index contributed by atoms with van der Waals surface area (Å²) in [5, 5.41) is 10.7. The highest BCUT2D eigenvalue weighted by Crippen LogP contribution is 2.28. The van der Waals surface area contributed by atoms with Gasteiger partial charge in [-0.1, -0.05) is 12.1 Å². The first-order valence-electron chi connectivity index (χ1n) is 5.77. The van der Waals surface area contributed by atoms with E-state index < -0.39 is 4.92 Å². The van der Waals surface area contributed by atoms with Crippen LogP contribution in [0.1, 0.15) is 5.56 Å². The number of nitrogens with zero attached hydrogens (tertiary/aromatic N) is 1. The zero-order chi connectivity index (χ0) is 13.8. The zero-order valence-electron chi connectivity index (χ0n) is 10.5. The lowest BCUT2D eigenvalue weighted by molar-refractivity contribution is -0.384. The van der Waals surface area contributed by atoms with Crippen molar-refractivity contribution in [3.8, 4) is 16.9 Å². The minimum atomic E-state index is -0.420. The molecule has 0 aromatic heterocycles. The van der Waals surface area contributed by atoms with Gasteiger partial charge in [0.15, 0.2) is 0 Å². The summed E-state index contributed by atoms with van der Waals surface area (Å²) in [6.07, 6.45) is 0. The lowest BCUT2D eigenvalue weighted by Gasteiger charge is -2.08. The largest absolute Gasteiger partial charge is 0.497 e. The van der Waals surface area contributed by atoms with Gasteiger partial charge in [-0.05, 0) is 34.9 Å². The molecule has 5 nitrogen and oxygen atoms in total. The van der Waals surface area contributed by atoms with Gasteiger partial charge in [0.1, 0.15) is 5.75 Å². The molecule has 98 valence electrons. The van der Waals surface area contributed by atoms with Gasteiger partial charge in [0.2, 0.25) is 0 Å². The molecule has 0 aliphatic heterocycles. The summed E-state index contributed by atoms with van der Waals surface area (Å²) in [4.78, 5) is 10.3. The zero-order valence-corrected chi connectivity index (χ0v) is 10.5. The van der Waals surface area contributed by atoms with Crippen LogP contribution in [0.25, 0.3) is 11.1 Å². The quantitative estimate of drug-likeness (QED) is 0.675. The maximum Gasteiger partial charge on any atom is 0.269 e. The van der Waals surface area contributed by atoms with Crippen molar-refractivity contribution in [1.82, 2.24) is 0 Å². The van der Waals surface area contributed by atoms with E-state index in [4.69, 9.17) is 10.5 Å². The van der Waals surface area contributed by atoms with Gasteiger partial charge in [0.25, 0.3) is 5.69 Å².